The van der Waals surface area contributed by atoms with Gasteiger partial charge in [0.25, 0.3) is 0 Å². The number of hydrogen-bond acceptors (Lipinski definition) is 4. The Bertz CT molecular complexity index is 249. The summed E-state index contributed by atoms with van der Waals surface area (Å²) in [6.45, 7) is 6.29. The number of nitrogens with one attached hydrogen (secondary N) is 2. The van der Waals surface area contributed by atoms with Crippen molar-refractivity contribution in [2.45, 2.75) is 13.0 Å². The van der Waals surface area contributed by atoms with Crippen LogP contribution in [0.5, 0.6) is 0 Å². The number of hydrogen-bond donors (Lipinski definition) is 3. The Kier molecular flexibility index (Phi) is 6.73. The fraction of sp³-hybridized carbons (Fsp3) is 0.750. The molecule has 1 atom stereocenters. The molecule has 84 valence electrons. The zero-order chi connectivity index (χ0) is 11.0. The van der Waals surface area contributed by atoms with E-state index in [2.05, 4.69) is 16.6 Å². The second-order valence-corrected chi connectivity index (χ2v) is 4.87. The lowest BCUT2D eigenvalue weighted by Crippen LogP contribution is -2.35. The molecule has 0 heterocycles. The number of aliphatic hydroxyl groups is 1. The molecule has 0 radical (unpaired) electrons. The maximum absolute atomic E-state index is 11.1. The Labute approximate surface area is 85.3 Å². The summed E-state index contributed by atoms with van der Waals surface area (Å²) in [4.78, 5) is 0. The third kappa shape index (κ3) is 8.18. The minimum atomic E-state index is -3.20. The first-order chi connectivity index (χ1) is 6.48. The van der Waals surface area contributed by atoms with Crippen molar-refractivity contribution in [1.29, 1.82) is 0 Å². The third-order valence-electron chi connectivity index (χ3n) is 1.40. The van der Waals surface area contributed by atoms with Gasteiger partial charge in [-0.1, -0.05) is 6.08 Å². The predicted molar refractivity (Wildman–Crippen MR) is 56.5 cm³/mol. The van der Waals surface area contributed by atoms with Crippen molar-refractivity contribution in [3.8, 4) is 0 Å². The molecular weight excluding hydrogens is 204 g/mol. The van der Waals surface area contributed by atoms with Crippen LogP contribution in [0.3, 0.4) is 0 Å². The molecule has 0 aliphatic heterocycles. The van der Waals surface area contributed by atoms with E-state index in [1.165, 1.54) is 6.08 Å². The first kappa shape index (κ1) is 13.6. The molecule has 5 nitrogen and oxygen atoms in total. The van der Waals surface area contributed by atoms with Gasteiger partial charge in [-0.15, -0.1) is 6.58 Å². The van der Waals surface area contributed by atoms with Crippen molar-refractivity contribution in [2.75, 3.05) is 25.4 Å². The van der Waals surface area contributed by atoms with Crippen molar-refractivity contribution in [3.05, 3.63) is 12.7 Å². The molecular formula is C8H18N2O3S. The Morgan fingerprint density at radius 1 is 1.50 bits per heavy atom. The van der Waals surface area contributed by atoms with Gasteiger partial charge in [0.1, 0.15) is 0 Å². The molecule has 0 saturated heterocycles. The molecule has 0 amide bonds. The zero-order valence-corrected chi connectivity index (χ0v) is 9.18. The van der Waals surface area contributed by atoms with E-state index < -0.39 is 16.1 Å². The fourth-order valence-electron chi connectivity index (χ4n) is 0.820. The Morgan fingerprint density at radius 2 is 2.14 bits per heavy atom. The van der Waals surface area contributed by atoms with Gasteiger partial charge in [-0.2, -0.15) is 0 Å². The standard InChI is InChI=1S/C8H18N2O3S/c1-3-6-14(12,13)10-5-4-9-7-8(2)11/h3,8-11H,1,4-7H2,2H3. The summed E-state index contributed by atoms with van der Waals surface area (Å²) >= 11 is 0. The van der Waals surface area contributed by atoms with Gasteiger partial charge >= 0.3 is 0 Å². The van der Waals surface area contributed by atoms with E-state index in [4.69, 9.17) is 5.11 Å². The number of rotatable bonds is 8. The van der Waals surface area contributed by atoms with E-state index in [0.29, 0.717) is 19.6 Å². The molecule has 1 unspecified atom stereocenters. The minimum absolute atomic E-state index is 0.0661. The first-order valence-corrected chi connectivity index (χ1v) is 6.10. The lowest BCUT2D eigenvalue weighted by Gasteiger charge is -2.07. The summed E-state index contributed by atoms with van der Waals surface area (Å²) in [7, 11) is -3.20. The summed E-state index contributed by atoms with van der Waals surface area (Å²) < 4.78 is 24.5. The average molecular weight is 222 g/mol. The van der Waals surface area contributed by atoms with E-state index in [9.17, 15) is 8.42 Å². The molecule has 0 aromatic heterocycles. The van der Waals surface area contributed by atoms with E-state index in [0.717, 1.165) is 0 Å². The van der Waals surface area contributed by atoms with Crippen molar-refractivity contribution in [2.24, 2.45) is 0 Å². The topological polar surface area (TPSA) is 78.4 Å². The van der Waals surface area contributed by atoms with Crippen LogP contribution in [0, 0.1) is 0 Å². The first-order valence-electron chi connectivity index (χ1n) is 4.45. The van der Waals surface area contributed by atoms with Crippen LogP contribution in [0.2, 0.25) is 0 Å². The van der Waals surface area contributed by atoms with Gasteiger partial charge in [0.05, 0.1) is 11.9 Å². The Balaban J connectivity index is 3.49. The third-order valence-corrected chi connectivity index (χ3v) is 2.72. The lowest BCUT2D eigenvalue weighted by atomic mass is 10.4. The molecule has 0 rings (SSSR count). The Morgan fingerprint density at radius 3 is 2.64 bits per heavy atom. The molecule has 0 spiro atoms. The van der Waals surface area contributed by atoms with Gasteiger partial charge in [-0.05, 0) is 6.92 Å². The van der Waals surface area contributed by atoms with Crippen LogP contribution >= 0.6 is 0 Å². The highest BCUT2D eigenvalue weighted by molar-refractivity contribution is 7.89. The summed E-state index contributed by atoms with van der Waals surface area (Å²) in [6.07, 6.45) is 0.922. The molecule has 3 N–H and O–H groups in total. The molecule has 0 aliphatic rings. The van der Waals surface area contributed by atoms with Crippen LogP contribution in [0.1, 0.15) is 6.92 Å². The van der Waals surface area contributed by atoms with Crippen molar-refractivity contribution in [3.63, 3.8) is 0 Å². The fourth-order valence-corrected chi connectivity index (χ4v) is 1.66. The largest absolute Gasteiger partial charge is 0.392 e. The van der Waals surface area contributed by atoms with Gasteiger partial charge in [0.15, 0.2) is 0 Å². The maximum atomic E-state index is 11.1. The molecule has 0 aromatic rings. The lowest BCUT2D eigenvalue weighted by molar-refractivity contribution is 0.192. The van der Waals surface area contributed by atoms with Gasteiger partial charge in [0.2, 0.25) is 10.0 Å². The monoisotopic (exact) mass is 222 g/mol. The van der Waals surface area contributed by atoms with E-state index in [-0.39, 0.29) is 5.75 Å². The maximum Gasteiger partial charge on any atom is 0.215 e. The highest BCUT2D eigenvalue weighted by atomic mass is 32.2. The average Bonchev–Trinajstić information content (AvgIpc) is 2.02. The van der Waals surface area contributed by atoms with Gasteiger partial charge in [0, 0.05) is 19.6 Å². The molecule has 0 aliphatic carbocycles. The van der Waals surface area contributed by atoms with Crippen molar-refractivity contribution in [1.82, 2.24) is 10.0 Å². The SMILES string of the molecule is C=CCS(=O)(=O)NCCNCC(C)O. The number of sulfonamides is 1. The van der Waals surface area contributed by atoms with Crippen molar-refractivity contribution < 1.29 is 13.5 Å². The van der Waals surface area contributed by atoms with Gasteiger partial charge in [-0.25, -0.2) is 13.1 Å². The van der Waals surface area contributed by atoms with Crippen LogP contribution in [0.25, 0.3) is 0 Å². The van der Waals surface area contributed by atoms with E-state index in [1.54, 1.807) is 6.92 Å². The normalized spacial score (nSPS) is 13.9. The molecule has 14 heavy (non-hydrogen) atoms. The molecule has 0 aromatic carbocycles. The van der Waals surface area contributed by atoms with Crippen LogP contribution in [-0.2, 0) is 10.0 Å². The highest BCUT2D eigenvalue weighted by Crippen LogP contribution is 1.82. The summed E-state index contributed by atoms with van der Waals surface area (Å²) in [5.41, 5.74) is 0. The van der Waals surface area contributed by atoms with E-state index >= 15 is 0 Å². The van der Waals surface area contributed by atoms with Crippen LogP contribution in [-0.4, -0.2) is 45.0 Å². The van der Waals surface area contributed by atoms with Gasteiger partial charge < -0.3 is 10.4 Å². The van der Waals surface area contributed by atoms with Crippen LogP contribution in [0.4, 0.5) is 0 Å². The smallest absolute Gasteiger partial charge is 0.215 e. The van der Waals surface area contributed by atoms with E-state index in [1.807, 2.05) is 0 Å². The second-order valence-electron chi connectivity index (χ2n) is 3.02. The summed E-state index contributed by atoms with van der Waals surface area (Å²) in [6, 6.07) is 0. The quantitative estimate of drug-likeness (QED) is 0.366. The second kappa shape index (κ2) is 6.94. The van der Waals surface area contributed by atoms with Crippen LogP contribution in [0.15, 0.2) is 12.7 Å². The summed E-state index contributed by atoms with van der Waals surface area (Å²) in [5, 5.41) is 11.8. The van der Waals surface area contributed by atoms with Crippen molar-refractivity contribution >= 4 is 10.0 Å². The highest BCUT2D eigenvalue weighted by Gasteiger charge is 2.05. The molecule has 0 bridgehead atoms. The summed E-state index contributed by atoms with van der Waals surface area (Å²) in [5.74, 6) is -0.0661. The molecule has 0 fully saturated rings. The Hall–Kier alpha value is -0.430. The molecule has 6 heteroatoms. The van der Waals surface area contributed by atoms with Gasteiger partial charge in [-0.3, -0.25) is 0 Å². The minimum Gasteiger partial charge on any atom is -0.392 e. The molecule has 0 saturated carbocycles. The van der Waals surface area contributed by atoms with Crippen LogP contribution < -0.4 is 10.0 Å². The predicted octanol–water partition coefficient (Wildman–Crippen LogP) is -0.938. The zero-order valence-electron chi connectivity index (χ0n) is 8.36. The number of aliphatic hydroxyl groups excluding tert-OH is 1.